The second kappa shape index (κ2) is 9.11. The first-order valence-corrected chi connectivity index (χ1v) is 10.7. The summed E-state index contributed by atoms with van der Waals surface area (Å²) in [6.45, 7) is 4.93. The predicted molar refractivity (Wildman–Crippen MR) is 113 cm³/mol. The number of rotatable bonds is 8. The van der Waals surface area contributed by atoms with Crippen molar-refractivity contribution in [3.8, 4) is 0 Å². The molecule has 2 N–H and O–H groups in total. The maximum atomic E-state index is 12.6. The normalized spacial score (nSPS) is 17.7. The minimum absolute atomic E-state index is 0.0557. The molecule has 0 spiro atoms. The van der Waals surface area contributed by atoms with E-state index in [-0.39, 0.29) is 24.2 Å². The molecule has 2 aromatic heterocycles. The van der Waals surface area contributed by atoms with E-state index < -0.39 is 6.10 Å². The summed E-state index contributed by atoms with van der Waals surface area (Å²) >= 11 is 0. The molecule has 31 heavy (non-hydrogen) atoms. The second-order valence-electron chi connectivity index (χ2n) is 8.40. The van der Waals surface area contributed by atoms with Crippen LogP contribution in [-0.2, 0) is 24.8 Å². The summed E-state index contributed by atoms with van der Waals surface area (Å²) in [5.74, 6) is 0.515. The highest BCUT2D eigenvalue weighted by Crippen LogP contribution is 2.18. The minimum Gasteiger partial charge on any atom is -0.392 e. The van der Waals surface area contributed by atoms with E-state index in [2.05, 4.69) is 29.7 Å². The SMILES string of the molecule is CC(=O)N1CC(Nc2cc(C(=O)CC[C@H](O)CN3CCc4c(ncn4C)C3)ncn2)C1. The van der Waals surface area contributed by atoms with E-state index in [1.807, 2.05) is 13.4 Å². The number of fused-ring (bicyclic) bond motifs is 1. The van der Waals surface area contributed by atoms with Crippen molar-refractivity contribution in [2.45, 2.75) is 44.9 Å². The number of likely N-dealkylation sites (tertiary alicyclic amines) is 1. The monoisotopic (exact) mass is 427 g/mol. The van der Waals surface area contributed by atoms with Gasteiger partial charge in [-0.25, -0.2) is 15.0 Å². The Morgan fingerprint density at radius 1 is 1.29 bits per heavy atom. The molecule has 0 unspecified atom stereocenters. The van der Waals surface area contributed by atoms with Gasteiger partial charge >= 0.3 is 0 Å². The Hall–Kier alpha value is -2.85. The fourth-order valence-corrected chi connectivity index (χ4v) is 4.11. The Morgan fingerprint density at radius 3 is 2.87 bits per heavy atom. The van der Waals surface area contributed by atoms with Crippen molar-refractivity contribution in [2.24, 2.45) is 7.05 Å². The second-order valence-corrected chi connectivity index (χ2v) is 8.40. The number of aromatic nitrogens is 4. The average molecular weight is 428 g/mol. The molecule has 2 aromatic rings. The van der Waals surface area contributed by atoms with Crippen molar-refractivity contribution in [1.29, 1.82) is 0 Å². The summed E-state index contributed by atoms with van der Waals surface area (Å²) in [5, 5.41) is 13.7. The number of aliphatic hydroxyl groups excluding tert-OH is 1. The van der Waals surface area contributed by atoms with Crippen molar-refractivity contribution in [1.82, 2.24) is 29.3 Å². The standard InChI is InChI=1S/C21H29N7O3/c1-14(29)28-8-15(9-28)25-21-7-17(22-12-23-21)20(31)4-3-16(30)10-27-6-5-19-18(11-27)24-13-26(19)2/h7,12-13,15-16,30H,3-6,8-11H2,1-2H3,(H,22,23,25)/t16-/m0/s1. The molecule has 0 bridgehead atoms. The molecule has 2 aliphatic heterocycles. The Balaban J connectivity index is 1.23. The maximum Gasteiger partial charge on any atom is 0.219 e. The lowest BCUT2D eigenvalue weighted by atomic mass is 10.1. The third kappa shape index (κ3) is 5.08. The van der Waals surface area contributed by atoms with E-state index in [0.717, 1.165) is 25.2 Å². The Labute approximate surface area is 181 Å². The van der Waals surface area contributed by atoms with Gasteiger partial charge in [-0.1, -0.05) is 0 Å². The van der Waals surface area contributed by atoms with Gasteiger partial charge in [-0.2, -0.15) is 0 Å². The fraction of sp³-hybridized carbons (Fsp3) is 0.571. The quantitative estimate of drug-likeness (QED) is 0.576. The number of carbonyl (C=O) groups is 2. The Kier molecular flexibility index (Phi) is 6.28. The summed E-state index contributed by atoms with van der Waals surface area (Å²) in [6, 6.07) is 1.77. The molecular weight excluding hydrogens is 398 g/mol. The smallest absolute Gasteiger partial charge is 0.219 e. The number of carbonyl (C=O) groups excluding carboxylic acids is 2. The zero-order valence-electron chi connectivity index (χ0n) is 18.0. The van der Waals surface area contributed by atoms with Gasteiger partial charge in [0.15, 0.2) is 5.78 Å². The van der Waals surface area contributed by atoms with Gasteiger partial charge in [0, 0.05) is 71.3 Å². The Morgan fingerprint density at radius 2 is 2.10 bits per heavy atom. The lowest BCUT2D eigenvalue weighted by Crippen LogP contribution is -2.56. The van der Waals surface area contributed by atoms with Gasteiger partial charge in [-0.15, -0.1) is 0 Å². The van der Waals surface area contributed by atoms with Gasteiger partial charge in [0.1, 0.15) is 17.8 Å². The lowest BCUT2D eigenvalue weighted by molar-refractivity contribution is -0.132. The molecule has 0 aliphatic carbocycles. The summed E-state index contributed by atoms with van der Waals surface area (Å²) in [4.78, 5) is 40.4. The van der Waals surface area contributed by atoms with Crippen LogP contribution in [0.3, 0.4) is 0 Å². The number of ketones is 1. The van der Waals surface area contributed by atoms with Crippen LogP contribution < -0.4 is 5.32 Å². The summed E-state index contributed by atoms with van der Waals surface area (Å²) in [6.07, 6.45) is 4.14. The average Bonchev–Trinajstić information content (AvgIpc) is 3.08. The van der Waals surface area contributed by atoms with Crippen molar-refractivity contribution < 1.29 is 14.7 Å². The van der Waals surface area contributed by atoms with Crippen LogP contribution in [0.1, 0.15) is 41.6 Å². The molecule has 1 amide bonds. The van der Waals surface area contributed by atoms with Gasteiger partial charge in [0.2, 0.25) is 5.91 Å². The van der Waals surface area contributed by atoms with E-state index >= 15 is 0 Å². The molecule has 0 saturated carbocycles. The number of nitrogens with zero attached hydrogens (tertiary/aromatic N) is 6. The highest BCUT2D eigenvalue weighted by Gasteiger charge is 2.28. The van der Waals surface area contributed by atoms with Crippen LogP contribution in [0.25, 0.3) is 0 Å². The van der Waals surface area contributed by atoms with Crippen LogP contribution in [0, 0.1) is 0 Å². The molecule has 10 heteroatoms. The van der Waals surface area contributed by atoms with Gasteiger partial charge in [0.25, 0.3) is 0 Å². The molecule has 2 aliphatic rings. The first-order chi connectivity index (χ1) is 14.9. The number of Topliss-reactive ketones (excluding diaryl/α,β-unsaturated/α-hetero) is 1. The molecule has 1 fully saturated rings. The number of hydrogen-bond acceptors (Lipinski definition) is 8. The third-order valence-corrected chi connectivity index (χ3v) is 5.99. The van der Waals surface area contributed by atoms with Crippen molar-refractivity contribution in [3.05, 3.63) is 35.8 Å². The van der Waals surface area contributed by atoms with E-state index in [0.29, 0.717) is 37.6 Å². The van der Waals surface area contributed by atoms with E-state index in [4.69, 9.17) is 0 Å². The van der Waals surface area contributed by atoms with Gasteiger partial charge < -0.3 is 19.9 Å². The number of hydrogen-bond donors (Lipinski definition) is 2. The zero-order chi connectivity index (χ0) is 22.0. The minimum atomic E-state index is -0.582. The molecule has 0 radical (unpaired) electrons. The maximum absolute atomic E-state index is 12.6. The molecule has 1 saturated heterocycles. The molecular formula is C21H29N7O3. The van der Waals surface area contributed by atoms with Crippen molar-refractivity contribution in [2.75, 3.05) is 31.5 Å². The van der Waals surface area contributed by atoms with Crippen LogP contribution in [0.4, 0.5) is 5.82 Å². The molecule has 166 valence electrons. The van der Waals surface area contributed by atoms with Crippen LogP contribution >= 0.6 is 0 Å². The predicted octanol–water partition coefficient (Wildman–Crippen LogP) is 0.235. The summed E-state index contributed by atoms with van der Waals surface area (Å²) in [5.41, 5.74) is 2.66. The highest BCUT2D eigenvalue weighted by molar-refractivity contribution is 5.94. The fourth-order valence-electron chi connectivity index (χ4n) is 4.11. The van der Waals surface area contributed by atoms with Crippen LogP contribution in [0.5, 0.6) is 0 Å². The topological polar surface area (TPSA) is 116 Å². The van der Waals surface area contributed by atoms with E-state index in [1.165, 1.54) is 12.0 Å². The number of amides is 1. The Bertz CT molecular complexity index is 954. The molecule has 10 nitrogen and oxygen atoms in total. The zero-order valence-corrected chi connectivity index (χ0v) is 18.0. The number of β-amino-alcohol motifs (C(OH)–C–C–N with tert-alkyl or cyclic N) is 1. The molecule has 1 atom stereocenters. The van der Waals surface area contributed by atoms with E-state index in [1.54, 1.807) is 17.9 Å². The number of aliphatic hydroxyl groups is 1. The third-order valence-electron chi connectivity index (χ3n) is 5.99. The van der Waals surface area contributed by atoms with Gasteiger partial charge in [0.05, 0.1) is 24.2 Å². The van der Waals surface area contributed by atoms with Crippen molar-refractivity contribution >= 4 is 17.5 Å². The molecule has 4 heterocycles. The first kappa shape index (κ1) is 21.4. The number of nitrogens with one attached hydrogen (secondary N) is 1. The molecule has 4 rings (SSSR count). The first-order valence-electron chi connectivity index (χ1n) is 10.7. The molecule has 0 aromatic carbocycles. The van der Waals surface area contributed by atoms with Crippen LogP contribution in [-0.4, -0.2) is 84.4 Å². The number of imidazole rings is 1. The van der Waals surface area contributed by atoms with Crippen molar-refractivity contribution in [3.63, 3.8) is 0 Å². The highest BCUT2D eigenvalue weighted by atomic mass is 16.3. The summed E-state index contributed by atoms with van der Waals surface area (Å²) < 4.78 is 2.05. The van der Waals surface area contributed by atoms with Crippen LogP contribution in [0.2, 0.25) is 0 Å². The largest absolute Gasteiger partial charge is 0.392 e. The lowest BCUT2D eigenvalue weighted by Gasteiger charge is -2.39. The number of aryl methyl sites for hydroxylation is 1. The summed E-state index contributed by atoms with van der Waals surface area (Å²) in [7, 11) is 2.00. The van der Waals surface area contributed by atoms with Crippen LogP contribution in [0.15, 0.2) is 18.7 Å². The van der Waals surface area contributed by atoms with Gasteiger partial charge in [-0.05, 0) is 6.42 Å². The number of anilines is 1. The van der Waals surface area contributed by atoms with Gasteiger partial charge in [-0.3, -0.25) is 14.5 Å². The van der Waals surface area contributed by atoms with E-state index in [9.17, 15) is 14.7 Å².